The molecule has 0 aliphatic carbocycles. The van der Waals surface area contributed by atoms with Gasteiger partial charge in [0.05, 0.1) is 17.1 Å². The van der Waals surface area contributed by atoms with Gasteiger partial charge in [-0.15, -0.1) is 0 Å². The Labute approximate surface area is 138 Å². The molecule has 2 N–H and O–H groups in total. The summed E-state index contributed by atoms with van der Waals surface area (Å²) < 4.78 is 0. The molecular formula is C16H13Cl2N3O. The number of carbonyl (C=O) groups excluding carboxylic acids is 1. The van der Waals surface area contributed by atoms with E-state index in [0.29, 0.717) is 27.8 Å². The zero-order valence-corrected chi connectivity index (χ0v) is 13.1. The van der Waals surface area contributed by atoms with Gasteiger partial charge in [0.15, 0.2) is 0 Å². The maximum absolute atomic E-state index is 11.8. The van der Waals surface area contributed by atoms with Gasteiger partial charge in [-0.05, 0) is 35.9 Å². The molecular weight excluding hydrogens is 321 g/mol. The van der Waals surface area contributed by atoms with Gasteiger partial charge < -0.3 is 10.6 Å². The van der Waals surface area contributed by atoms with Gasteiger partial charge in [-0.3, -0.25) is 4.79 Å². The summed E-state index contributed by atoms with van der Waals surface area (Å²) in [6.45, 7) is 0.701. The Morgan fingerprint density at radius 2 is 2.00 bits per heavy atom. The highest BCUT2D eigenvalue weighted by molar-refractivity contribution is 6.32. The molecule has 112 valence electrons. The number of benzene rings is 2. The maximum atomic E-state index is 11.8. The SMILES string of the molecule is N#Cc1ccc(NC(=O)CNCc2cccc(Cl)c2)cc1Cl. The van der Waals surface area contributed by atoms with E-state index in [1.54, 1.807) is 24.3 Å². The fourth-order valence-electron chi connectivity index (χ4n) is 1.86. The zero-order chi connectivity index (χ0) is 15.9. The summed E-state index contributed by atoms with van der Waals surface area (Å²) in [5.74, 6) is -0.192. The normalized spacial score (nSPS) is 10.0. The van der Waals surface area contributed by atoms with Crippen LogP contribution in [-0.2, 0) is 11.3 Å². The minimum atomic E-state index is -0.192. The fraction of sp³-hybridized carbons (Fsp3) is 0.125. The molecule has 2 aromatic carbocycles. The molecule has 4 nitrogen and oxygen atoms in total. The Morgan fingerprint density at radius 1 is 1.18 bits per heavy atom. The van der Waals surface area contributed by atoms with E-state index >= 15 is 0 Å². The lowest BCUT2D eigenvalue weighted by Gasteiger charge is -2.08. The van der Waals surface area contributed by atoms with Crippen molar-refractivity contribution in [3.63, 3.8) is 0 Å². The van der Waals surface area contributed by atoms with E-state index in [1.165, 1.54) is 0 Å². The Hall–Kier alpha value is -2.06. The van der Waals surface area contributed by atoms with Crippen molar-refractivity contribution in [2.24, 2.45) is 0 Å². The van der Waals surface area contributed by atoms with Crippen molar-refractivity contribution in [3.05, 3.63) is 63.6 Å². The molecule has 0 aliphatic heterocycles. The van der Waals surface area contributed by atoms with E-state index in [1.807, 2.05) is 24.3 Å². The Morgan fingerprint density at radius 3 is 2.68 bits per heavy atom. The number of halogens is 2. The predicted molar refractivity (Wildman–Crippen MR) is 88.0 cm³/mol. The molecule has 0 saturated carbocycles. The average Bonchev–Trinajstić information content (AvgIpc) is 2.47. The van der Waals surface area contributed by atoms with E-state index in [2.05, 4.69) is 10.6 Å². The van der Waals surface area contributed by atoms with E-state index in [-0.39, 0.29) is 12.5 Å². The molecule has 0 radical (unpaired) electrons. The van der Waals surface area contributed by atoms with Crippen LogP contribution >= 0.6 is 23.2 Å². The smallest absolute Gasteiger partial charge is 0.238 e. The second-order valence-corrected chi connectivity index (χ2v) is 5.43. The van der Waals surface area contributed by atoms with Crippen LogP contribution in [0.4, 0.5) is 5.69 Å². The van der Waals surface area contributed by atoms with Gasteiger partial charge in [0, 0.05) is 17.3 Å². The molecule has 0 spiro atoms. The number of rotatable bonds is 5. The largest absolute Gasteiger partial charge is 0.325 e. The molecule has 0 aliphatic rings. The van der Waals surface area contributed by atoms with Crippen LogP contribution in [0.15, 0.2) is 42.5 Å². The molecule has 22 heavy (non-hydrogen) atoms. The number of nitriles is 1. The lowest BCUT2D eigenvalue weighted by atomic mass is 10.2. The molecule has 0 fully saturated rings. The third kappa shape index (κ3) is 4.74. The third-order valence-corrected chi connectivity index (χ3v) is 3.42. The minimum absolute atomic E-state index is 0.157. The van der Waals surface area contributed by atoms with E-state index in [9.17, 15) is 4.79 Å². The highest BCUT2D eigenvalue weighted by Gasteiger charge is 2.05. The Bertz CT molecular complexity index is 726. The number of amides is 1. The molecule has 6 heteroatoms. The van der Waals surface area contributed by atoms with Gasteiger partial charge in [-0.1, -0.05) is 35.3 Å². The Balaban J connectivity index is 1.83. The van der Waals surface area contributed by atoms with Crippen molar-refractivity contribution >= 4 is 34.8 Å². The number of nitrogens with one attached hydrogen (secondary N) is 2. The van der Waals surface area contributed by atoms with Crippen LogP contribution in [0, 0.1) is 11.3 Å². The van der Waals surface area contributed by atoms with Gasteiger partial charge in [-0.2, -0.15) is 5.26 Å². The number of anilines is 1. The van der Waals surface area contributed by atoms with Crippen molar-refractivity contribution < 1.29 is 4.79 Å². The topological polar surface area (TPSA) is 64.9 Å². The molecule has 0 heterocycles. The standard InChI is InChI=1S/C16H13Cl2N3O/c17-13-3-1-2-11(6-13)9-20-10-16(22)21-14-5-4-12(8-19)15(18)7-14/h1-7,20H,9-10H2,(H,21,22). The highest BCUT2D eigenvalue weighted by atomic mass is 35.5. The summed E-state index contributed by atoms with van der Waals surface area (Å²) in [6.07, 6.45) is 0. The van der Waals surface area contributed by atoms with Crippen LogP contribution < -0.4 is 10.6 Å². The van der Waals surface area contributed by atoms with Gasteiger partial charge in [0.25, 0.3) is 0 Å². The van der Waals surface area contributed by atoms with Gasteiger partial charge in [0.1, 0.15) is 6.07 Å². The molecule has 0 unspecified atom stereocenters. The summed E-state index contributed by atoms with van der Waals surface area (Å²) in [4.78, 5) is 11.8. The van der Waals surface area contributed by atoms with E-state index < -0.39 is 0 Å². The lowest BCUT2D eigenvalue weighted by Crippen LogP contribution is -2.27. The molecule has 0 aromatic heterocycles. The van der Waals surface area contributed by atoms with Gasteiger partial charge >= 0.3 is 0 Å². The van der Waals surface area contributed by atoms with Crippen molar-refractivity contribution in [2.75, 3.05) is 11.9 Å². The summed E-state index contributed by atoms with van der Waals surface area (Å²) in [6, 6.07) is 14.1. The molecule has 0 saturated heterocycles. The number of hydrogen-bond donors (Lipinski definition) is 2. The van der Waals surface area contributed by atoms with Gasteiger partial charge in [-0.25, -0.2) is 0 Å². The van der Waals surface area contributed by atoms with Crippen molar-refractivity contribution in [3.8, 4) is 6.07 Å². The zero-order valence-electron chi connectivity index (χ0n) is 11.6. The first kappa shape index (κ1) is 16.3. The summed E-state index contributed by atoms with van der Waals surface area (Å²) in [7, 11) is 0. The highest BCUT2D eigenvalue weighted by Crippen LogP contribution is 2.20. The van der Waals surface area contributed by atoms with Crippen LogP contribution in [0.3, 0.4) is 0 Å². The molecule has 2 aromatic rings. The third-order valence-electron chi connectivity index (χ3n) is 2.88. The quantitative estimate of drug-likeness (QED) is 0.878. The number of carbonyl (C=O) groups is 1. The monoisotopic (exact) mass is 333 g/mol. The van der Waals surface area contributed by atoms with Crippen molar-refractivity contribution in [1.29, 1.82) is 5.26 Å². The first-order chi connectivity index (χ1) is 10.6. The summed E-state index contributed by atoms with van der Waals surface area (Å²) >= 11 is 11.8. The predicted octanol–water partition coefficient (Wildman–Crippen LogP) is 3.59. The molecule has 1 amide bonds. The van der Waals surface area contributed by atoms with Crippen molar-refractivity contribution in [2.45, 2.75) is 6.54 Å². The number of hydrogen-bond acceptors (Lipinski definition) is 3. The van der Waals surface area contributed by atoms with Crippen LogP contribution in [0.1, 0.15) is 11.1 Å². The van der Waals surface area contributed by atoms with E-state index in [0.717, 1.165) is 5.56 Å². The lowest BCUT2D eigenvalue weighted by molar-refractivity contribution is -0.115. The first-order valence-corrected chi connectivity index (χ1v) is 7.29. The molecule has 0 bridgehead atoms. The molecule has 0 atom stereocenters. The Kier molecular flexibility index (Phi) is 5.79. The van der Waals surface area contributed by atoms with Crippen molar-refractivity contribution in [1.82, 2.24) is 5.32 Å². The first-order valence-electron chi connectivity index (χ1n) is 6.53. The average molecular weight is 334 g/mol. The van der Waals surface area contributed by atoms with Crippen LogP contribution in [0.2, 0.25) is 10.0 Å². The van der Waals surface area contributed by atoms with Crippen LogP contribution in [0.25, 0.3) is 0 Å². The minimum Gasteiger partial charge on any atom is -0.325 e. The summed E-state index contributed by atoms with van der Waals surface area (Å²) in [5, 5.41) is 15.5. The van der Waals surface area contributed by atoms with E-state index in [4.69, 9.17) is 28.5 Å². The second kappa shape index (κ2) is 7.81. The fourth-order valence-corrected chi connectivity index (χ4v) is 2.29. The van der Waals surface area contributed by atoms with Gasteiger partial charge in [0.2, 0.25) is 5.91 Å². The maximum Gasteiger partial charge on any atom is 0.238 e. The number of nitrogens with zero attached hydrogens (tertiary/aromatic N) is 1. The second-order valence-electron chi connectivity index (χ2n) is 4.59. The van der Waals surface area contributed by atoms with Crippen LogP contribution in [-0.4, -0.2) is 12.5 Å². The van der Waals surface area contributed by atoms with Crippen LogP contribution in [0.5, 0.6) is 0 Å². The summed E-state index contributed by atoms with van der Waals surface area (Å²) in [5.41, 5.74) is 1.93. The molecule has 2 rings (SSSR count).